The molecule has 0 aliphatic rings. The molecule has 23 heavy (non-hydrogen) atoms. The van der Waals surface area contributed by atoms with Crippen molar-refractivity contribution in [1.29, 1.82) is 0 Å². The zero-order chi connectivity index (χ0) is 17.2. The maximum Gasteiger partial charge on any atom is 0.391 e. The van der Waals surface area contributed by atoms with Crippen molar-refractivity contribution in [3.05, 3.63) is 52.2 Å². The van der Waals surface area contributed by atoms with Gasteiger partial charge in [-0.1, -0.05) is 23.7 Å². The molecule has 1 unspecified atom stereocenters. The summed E-state index contributed by atoms with van der Waals surface area (Å²) in [6.45, 7) is 3.10. The summed E-state index contributed by atoms with van der Waals surface area (Å²) in [6, 6.07) is 4.58. The average Bonchev–Trinajstić information content (AvgIpc) is 2.76. The number of amides is 1. The number of hydrogen-bond donors (Lipinski definition) is 1. The molecule has 0 aliphatic carbocycles. The molecule has 8 heteroatoms. The zero-order valence-electron chi connectivity index (χ0n) is 12.4. The number of carbonyl (C=O) groups is 1. The van der Waals surface area contributed by atoms with E-state index in [2.05, 4.69) is 10.3 Å². The number of hydrogen-bond acceptors (Lipinski definition) is 3. The van der Waals surface area contributed by atoms with Crippen molar-refractivity contribution in [1.82, 2.24) is 10.3 Å². The highest BCUT2D eigenvalue weighted by atomic mass is 35.5. The minimum atomic E-state index is -4.44. The lowest BCUT2D eigenvalue weighted by Crippen LogP contribution is -2.32. The fourth-order valence-corrected chi connectivity index (χ4v) is 2.27. The van der Waals surface area contributed by atoms with E-state index in [1.807, 2.05) is 0 Å². The fourth-order valence-electron chi connectivity index (χ4n) is 2.14. The van der Waals surface area contributed by atoms with E-state index in [1.165, 1.54) is 24.3 Å². The summed E-state index contributed by atoms with van der Waals surface area (Å²) in [5.41, 5.74) is 0.621. The van der Waals surface area contributed by atoms with Crippen LogP contribution >= 0.6 is 11.6 Å². The second kappa shape index (κ2) is 6.62. The molecule has 4 nitrogen and oxygen atoms in total. The summed E-state index contributed by atoms with van der Waals surface area (Å²) < 4.78 is 43.5. The van der Waals surface area contributed by atoms with E-state index in [9.17, 15) is 18.0 Å². The van der Waals surface area contributed by atoms with Gasteiger partial charge in [0.2, 0.25) is 5.76 Å². The van der Waals surface area contributed by atoms with Gasteiger partial charge in [0.15, 0.2) is 5.89 Å². The summed E-state index contributed by atoms with van der Waals surface area (Å²) in [5.74, 6) is -0.567. The van der Waals surface area contributed by atoms with Crippen molar-refractivity contribution in [2.24, 2.45) is 0 Å². The van der Waals surface area contributed by atoms with Crippen molar-refractivity contribution in [2.75, 3.05) is 0 Å². The molecule has 1 aromatic carbocycles. The number of oxazole rings is 1. The van der Waals surface area contributed by atoms with Crippen LogP contribution in [0.4, 0.5) is 13.2 Å². The molecule has 0 saturated carbocycles. The molecule has 0 aliphatic heterocycles. The van der Waals surface area contributed by atoms with Crippen LogP contribution in [-0.2, 0) is 0 Å². The highest BCUT2D eigenvalue weighted by Gasteiger charge is 2.34. The number of aromatic nitrogens is 1. The molecule has 0 bridgehead atoms. The van der Waals surface area contributed by atoms with Crippen LogP contribution in [0.5, 0.6) is 0 Å². The molecule has 1 heterocycles. The number of nitrogens with one attached hydrogen (secondary N) is 1. The number of nitrogens with zero attached hydrogens (tertiary/aromatic N) is 1. The van der Waals surface area contributed by atoms with Crippen LogP contribution in [0.25, 0.3) is 0 Å². The lowest BCUT2D eigenvalue weighted by Gasteiger charge is -2.20. The second-order valence-corrected chi connectivity index (χ2v) is 5.48. The lowest BCUT2D eigenvalue weighted by atomic mass is 10.0. The maximum absolute atomic E-state index is 12.8. The molecule has 2 rings (SSSR count). The highest BCUT2D eigenvalue weighted by Crippen LogP contribution is 2.30. The topological polar surface area (TPSA) is 55.1 Å². The first kappa shape index (κ1) is 17.3. The van der Waals surface area contributed by atoms with Gasteiger partial charge in [-0.2, -0.15) is 13.2 Å². The number of aryl methyl sites for hydroxylation is 2. The summed E-state index contributed by atoms with van der Waals surface area (Å²) in [7, 11) is 0. The molecule has 0 spiro atoms. The molecular weight excluding hydrogens is 333 g/mol. The Morgan fingerprint density at radius 1 is 1.30 bits per heavy atom. The Morgan fingerprint density at radius 3 is 2.39 bits per heavy atom. The minimum absolute atomic E-state index is 0.0939. The van der Waals surface area contributed by atoms with Gasteiger partial charge in [0.1, 0.15) is 0 Å². The van der Waals surface area contributed by atoms with Crippen LogP contribution in [0, 0.1) is 13.8 Å². The third-order valence-electron chi connectivity index (χ3n) is 3.12. The molecule has 1 amide bonds. The van der Waals surface area contributed by atoms with Crippen LogP contribution in [0.2, 0.25) is 5.02 Å². The zero-order valence-corrected chi connectivity index (χ0v) is 13.1. The van der Waals surface area contributed by atoms with Crippen LogP contribution in [-0.4, -0.2) is 17.1 Å². The van der Waals surface area contributed by atoms with Crippen molar-refractivity contribution in [3.8, 4) is 0 Å². The molecule has 0 saturated heterocycles. The van der Waals surface area contributed by atoms with E-state index in [-0.39, 0.29) is 11.7 Å². The largest absolute Gasteiger partial charge is 0.436 e. The predicted molar refractivity (Wildman–Crippen MR) is 78.3 cm³/mol. The lowest BCUT2D eigenvalue weighted by molar-refractivity contribution is -0.139. The Morgan fingerprint density at radius 2 is 1.91 bits per heavy atom. The number of halogens is 4. The van der Waals surface area contributed by atoms with Gasteiger partial charge in [0.05, 0.1) is 18.2 Å². The molecule has 1 N–H and O–H groups in total. The van der Waals surface area contributed by atoms with Crippen LogP contribution < -0.4 is 5.32 Å². The summed E-state index contributed by atoms with van der Waals surface area (Å²) in [5, 5.41) is 2.74. The predicted octanol–water partition coefficient (Wildman–Crippen LogP) is 4.37. The Bertz CT molecular complexity index is 696. The van der Waals surface area contributed by atoms with Crippen LogP contribution in [0.3, 0.4) is 0 Å². The number of carbonyl (C=O) groups excluding carboxylic acids is 1. The van der Waals surface area contributed by atoms with E-state index in [1.54, 1.807) is 13.8 Å². The van der Waals surface area contributed by atoms with Crippen molar-refractivity contribution < 1.29 is 22.4 Å². The molecule has 1 atom stereocenters. The van der Waals surface area contributed by atoms with Gasteiger partial charge in [-0.05, 0) is 24.6 Å². The summed E-state index contributed by atoms with van der Waals surface area (Å²) in [6.07, 6.45) is -5.64. The third kappa shape index (κ3) is 4.72. The molecule has 1 aromatic heterocycles. The van der Waals surface area contributed by atoms with Crippen molar-refractivity contribution in [3.63, 3.8) is 0 Å². The first-order chi connectivity index (χ1) is 10.7. The van der Waals surface area contributed by atoms with E-state index < -0.39 is 24.5 Å². The van der Waals surface area contributed by atoms with E-state index in [0.29, 0.717) is 16.3 Å². The summed E-state index contributed by atoms with van der Waals surface area (Å²) >= 11 is 5.74. The molecular formula is C15H14ClF3N2O2. The quantitative estimate of drug-likeness (QED) is 0.894. The first-order valence-electron chi connectivity index (χ1n) is 6.73. The Kier molecular flexibility index (Phi) is 4.99. The SMILES string of the molecule is Cc1nc(C)c(C(=O)NC(CC(F)(F)F)c2ccc(Cl)cc2)o1. The number of alkyl halides is 3. The van der Waals surface area contributed by atoms with E-state index in [0.717, 1.165) is 0 Å². The maximum atomic E-state index is 12.8. The molecule has 0 radical (unpaired) electrons. The van der Waals surface area contributed by atoms with E-state index >= 15 is 0 Å². The number of benzene rings is 1. The first-order valence-corrected chi connectivity index (χ1v) is 7.10. The average molecular weight is 347 g/mol. The summed E-state index contributed by atoms with van der Waals surface area (Å²) in [4.78, 5) is 16.1. The van der Waals surface area contributed by atoms with Crippen molar-refractivity contribution in [2.45, 2.75) is 32.5 Å². The Hall–Kier alpha value is -2.02. The highest BCUT2D eigenvalue weighted by molar-refractivity contribution is 6.30. The van der Waals surface area contributed by atoms with E-state index in [4.69, 9.17) is 16.0 Å². The molecule has 0 fully saturated rings. The standard InChI is InChI=1S/C15H14ClF3N2O2/c1-8-13(23-9(2)20-8)14(22)21-12(7-15(17,18)19)10-3-5-11(16)6-4-10/h3-6,12H,7H2,1-2H3,(H,21,22). The fraction of sp³-hybridized carbons (Fsp3) is 0.333. The molecule has 2 aromatic rings. The van der Waals surface area contributed by atoms with Crippen LogP contribution in [0.1, 0.15) is 40.2 Å². The van der Waals surface area contributed by atoms with Gasteiger partial charge in [-0.15, -0.1) is 0 Å². The number of rotatable bonds is 4. The Labute approximate surface area is 135 Å². The minimum Gasteiger partial charge on any atom is -0.436 e. The Balaban J connectivity index is 2.25. The third-order valence-corrected chi connectivity index (χ3v) is 3.38. The van der Waals surface area contributed by atoms with Gasteiger partial charge >= 0.3 is 6.18 Å². The normalized spacial score (nSPS) is 13.0. The van der Waals surface area contributed by atoms with Gasteiger partial charge < -0.3 is 9.73 Å². The van der Waals surface area contributed by atoms with Crippen molar-refractivity contribution >= 4 is 17.5 Å². The van der Waals surface area contributed by atoms with Gasteiger partial charge in [0.25, 0.3) is 5.91 Å². The smallest absolute Gasteiger partial charge is 0.391 e. The van der Waals surface area contributed by atoms with Gasteiger partial charge in [-0.3, -0.25) is 4.79 Å². The monoisotopic (exact) mass is 346 g/mol. The van der Waals surface area contributed by atoms with Gasteiger partial charge in [0, 0.05) is 11.9 Å². The molecule has 124 valence electrons. The second-order valence-electron chi connectivity index (χ2n) is 5.04. The van der Waals surface area contributed by atoms with Crippen LogP contribution in [0.15, 0.2) is 28.7 Å². The van der Waals surface area contributed by atoms with Gasteiger partial charge in [-0.25, -0.2) is 4.98 Å².